The molecular formula is C43H45F3N8O6S. The summed E-state index contributed by atoms with van der Waals surface area (Å²) >= 11 is 0. The summed E-state index contributed by atoms with van der Waals surface area (Å²) in [4.78, 5) is 45.4. The van der Waals surface area contributed by atoms with Crippen molar-refractivity contribution in [2.75, 3.05) is 35.6 Å². The lowest BCUT2D eigenvalue weighted by atomic mass is 9.87. The van der Waals surface area contributed by atoms with Crippen LogP contribution in [0.2, 0.25) is 0 Å². The van der Waals surface area contributed by atoms with Crippen LogP contribution < -0.4 is 21.2 Å². The molecule has 0 radical (unpaired) electrons. The molecule has 0 bridgehead atoms. The second-order valence-electron chi connectivity index (χ2n) is 15.5. The number of halogens is 3. The summed E-state index contributed by atoms with van der Waals surface area (Å²) in [5.74, 6) is -0.426. The van der Waals surface area contributed by atoms with Gasteiger partial charge < -0.3 is 20.0 Å². The van der Waals surface area contributed by atoms with Gasteiger partial charge in [-0.1, -0.05) is 24.6 Å². The standard InChI is InChI=1S/C43H45F3N8O6S/c1-27-12-11-13-32(50-27)39-40(53-20-10-6-14-36(53)52-39)33-16-19-49-41(51-33)48-18-8-7-17-47-37(55)15-5-4-9-21-54-34-24-35-30(31(43(44,45)46)23-38(56)60-35)22-29(34)28(25-42(54,2)3)26-61(57,58)59/h6,10-14,16,19-20,22-25H,4-5,7-9,15,17-18,21,26H2,1-3H3,(H,47,55)(H,48,49,51)(H,57,58,59). The number of aryl methyl sites for hydroxylation is 1. The number of nitrogens with one attached hydrogen (secondary N) is 2. The van der Waals surface area contributed by atoms with Gasteiger partial charge >= 0.3 is 11.8 Å². The van der Waals surface area contributed by atoms with Gasteiger partial charge in [-0.3, -0.25) is 18.7 Å². The Morgan fingerprint density at radius 3 is 2.51 bits per heavy atom. The van der Waals surface area contributed by atoms with Crippen molar-refractivity contribution < 1.29 is 35.4 Å². The first-order valence-corrected chi connectivity index (χ1v) is 21.5. The van der Waals surface area contributed by atoms with Crippen molar-refractivity contribution in [1.82, 2.24) is 29.7 Å². The zero-order valence-corrected chi connectivity index (χ0v) is 34.6. The molecular weight excluding hydrogens is 814 g/mol. The molecule has 0 saturated carbocycles. The number of carbonyl (C=O) groups excluding carboxylic acids is 1. The molecule has 61 heavy (non-hydrogen) atoms. The minimum Gasteiger partial charge on any atom is -0.423 e. The number of aromatic nitrogens is 5. The minimum atomic E-state index is -4.87. The van der Waals surface area contributed by atoms with E-state index in [2.05, 4.69) is 15.6 Å². The highest BCUT2D eigenvalue weighted by molar-refractivity contribution is 7.86. The van der Waals surface area contributed by atoms with E-state index < -0.39 is 44.2 Å². The molecule has 0 saturated heterocycles. The molecule has 14 nitrogen and oxygen atoms in total. The minimum absolute atomic E-state index is 0.0839. The number of imidazole rings is 1. The fourth-order valence-corrected chi connectivity index (χ4v) is 8.33. The van der Waals surface area contributed by atoms with Gasteiger partial charge in [0.2, 0.25) is 11.9 Å². The zero-order valence-electron chi connectivity index (χ0n) is 33.8. The Hall–Kier alpha value is -6.14. The predicted molar refractivity (Wildman–Crippen MR) is 227 cm³/mol. The van der Waals surface area contributed by atoms with E-state index >= 15 is 0 Å². The van der Waals surface area contributed by atoms with Gasteiger partial charge in [0.15, 0.2) is 0 Å². The van der Waals surface area contributed by atoms with Crippen molar-refractivity contribution >= 4 is 49.9 Å². The number of fused-ring (bicyclic) bond motifs is 3. The third-order valence-electron chi connectivity index (χ3n) is 10.4. The molecule has 18 heteroatoms. The number of hydrogen-bond donors (Lipinski definition) is 3. The van der Waals surface area contributed by atoms with Crippen LogP contribution in [0.15, 0.2) is 88.3 Å². The lowest BCUT2D eigenvalue weighted by Gasteiger charge is -2.44. The second kappa shape index (κ2) is 17.5. The molecule has 6 aromatic rings. The zero-order chi connectivity index (χ0) is 43.5. The first-order chi connectivity index (χ1) is 29.0. The molecule has 1 aliphatic rings. The summed E-state index contributed by atoms with van der Waals surface area (Å²) in [6, 6.07) is 16.3. The van der Waals surface area contributed by atoms with E-state index in [0.717, 1.165) is 47.3 Å². The molecule has 3 N–H and O–H groups in total. The maximum absolute atomic E-state index is 13.9. The molecule has 0 spiro atoms. The number of nitrogens with zero attached hydrogens (tertiary/aromatic N) is 6. The topological polar surface area (TPSA) is 185 Å². The monoisotopic (exact) mass is 858 g/mol. The summed E-state index contributed by atoms with van der Waals surface area (Å²) in [6.45, 7) is 7.04. The van der Waals surface area contributed by atoms with E-state index in [1.165, 1.54) is 6.07 Å². The van der Waals surface area contributed by atoms with Crippen LogP contribution in [-0.4, -0.2) is 74.1 Å². The number of unbranched alkanes of at least 4 members (excludes halogenated alkanes) is 3. The summed E-state index contributed by atoms with van der Waals surface area (Å²) in [7, 11) is -4.55. The van der Waals surface area contributed by atoms with Crippen molar-refractivity contribution in [3.8, 4) is 22.8 Å². The van der Waals surface area contributed by atoms with Gasteiger partial charge in [-0.15, -0.1) is 0 Å². The second-order valence-corrected chi connectivity index (χ2v) is 17.0. The number of rotatable bonds is 16. The van der Waals surface area contributed by atoms with Crippen LogP contribution in [0.3, 0.4) is 0 Å². The predicted octanol–water partition coefficient (Wildman–Crippen LogP) is 7.73. The smallest absolute Gasteiger partial charge is 0.417 e. The number of pyridine rings is 2. The van der Waals surface area contributed by atoms with Gasteiger partial charge in [0.25, 0.3) is 10.1 Å². The molecule has 0 aliphatic carbocycles. The van der Waals surface area contributed by atoms with Crippen LogP contribution in [0, 0.1) is 6.92 Å². The fraction of sp³-hybridized carbons (Fsp3) is 0.349. The SMILES string of the molecule is Cc1cccc(-c2nc3ccccn3c2-c2ccnc(NCCCCNC(=O)CCCCCN3c4cc5oc(=O)cc(C(F)(F)F)c5cc4C(CS(=O)(=O)O)=CC3(C)C)n2)n1. The van der Waals surface area contributed by atoms with Gasteiger partial charge in [-0.25, -0.2) is 19.7 Å². The molecule has 5 aromatic heterocycles. The number of benzene rings is 1. The van der Waals surface area contributed by atoms with E-state index in [1.54, 1.807) is 12.3 Å². The van der Waals surface area contributed by atoms with Gasteiger partial charge in [-0.2, -0.15) is 21.6 Å². The highest BCUT2D eigenvalue weighted by Crippen LogP contribution is 2.44. The Morgan fingerprint density at radius 1 is 0.934 bits per heavy atom. The van der Waals surface area contributed by atoms with E-state index in [0.29, 0.717) is 68.7 Å². The maximum Gasteiger partial charge on any atom is 0.417 e. The molecule has 6 heterocycles. The molecule has 1 aliphatic heterocycles. The molecule has 0 atom stereocenters. The highest BCUT2D eigenvalue weighted by Gasteiger charge is 2.37. The summed E-state index contributed by atoms with van der Waals surface area (Å²) in [5, 5.41) is 5.84. The molecule has 1 aromatic carbocycles. The third kappa shape index (κ3) is 10.1. The van der Waals surface area contributed by atoms with Crippen LogP contribution in [0.1, 0.15) is 69.2 Å². The van der Waals surface area contributed by atoms with E-state index in [1.807, 2.05) is 78.7 Å². The van der Waals surface area contributed by atoms with Crippen molar-refractivity contribution in [2.45, 2.75) is 71.0 Å². The quantitative estimate of drug-likeness (QED) is 0.0490. The molecule has 7 rings (SSSR count). The summed E-state index contributed by atoms with van der Waals surface area (Å²) in [6.07, 6.45) is 3.99. The lowest BCUT2D eigenvalue weighted by Crippen LogP contribution is -2.46. The summed E-state index contributed by atoms with van der Waals surface area (Å²) < 4.78 is 82.5. The average Bonchev–Trinajstić information content (AvgIpc) is 3.58. The Balaban J connectivity index is 0.895. The summed E-state index contributed by atoms with van der Waals surface area (Å²) in [5.41, 5.74) is 1.78. The van der Waals surface area contributed by atoms with Gasteiger partial charge in [-0.05, 0) is 88.4 Å². The number of amides is 1. The molecule has 320 valence electrons. The normalized spacial score (nSPS) is 14.0. The van der Waals surface area contributed by atoms with E-state index in [-0.39, 0.29) is 22.6 Å². The van der Waals surface area contributed by atoms with Gasteiger partial charge in [0.05, 0.1) is 22.5 Å². The van der Waals surface area contributed by atoms with Crippen molar-refractivity contribution in [1.29, 1.82) is 0 Å². The largest absolute Gasteiger partial charge is 0.423 e. The molecule has 1 amide bonds. The van der Waals surface area contributed by atoms with Crippen molar-refractivity contribution in [3.05, 3.63) is 106 Å². The Morgan fingerprint density at radius 2 is 1.74 bits per heavy atom. The van der Waals surface area contributed by atoms with Crippen molar-refractivity contribution in [2.24, 2.45) is 0 Å². The lowest BCUT2D eigenvalue weighted by molar-refractivity contribution is -0.136. The van der Waals surface area contributed by atoms with Gasteiger partial charge in [0, 0.05) is 72.9 Å². The van der Waals surface area contributed by atoms with Crippen LogP contribution >= 0.6 is 0 Å². The van der Waals surface area contributed by atoms with Crippen molar-refractivity contribution in [3.63, 3.8) is 0 Å². The van der Waals surface area contributed by atoms with Crippen LogP contribution in [0.4, 0.5) is 24.8 Å². The highest BCUT2D eigenvalue weighted by atomic mass is 32.2. The van der Waals surface area contributed by atoms with E-state index in [9.17, 15) is 35.7 Å². The Labute approximate surface area is 349 Å². The Bertz CT molecular complexity index is 2800. The number of anilines is 2. The Kier molecular flexibility index (Phi) is 12.3. The first-order valence-electron chi connectivity index (χ1n) is 19.9. The maximum atomic E-state index is 13.9. The van der Waals surface area contributed by atoms with Crippen LogP contribution in [-0.2, 0) is 21.1 Å². The fourth-order valence-electron chi connectivity index (χ4n) is 7.70. The number of carbonyl (C=O) groups is 1. The third-order valence-corrected chi connectivity index (χ3v) is 11.1. The molecule has 0 fully saturated rings. The van der Waals surface area contributed by atoms with Gasteiger partial charge in [0.1, 0.15) is 28.4 Å². The first kappa shape index (κ1) is 43.0. The number of hydrogen-bond acceptors (Lipinski definition) is 11. The van der Waals surface area contributed by atoms with Crippen LogP contribution in [0.25, 0.3) is 45.0 Å². The van der Waals surface area contributed by atoms with E-state index in [4.69, 9.17) is 19.4 Å². The number of alkyl halides is 3. The average molecular weight is 859 g/mol. The molecule has 0 unspecified atom stereocenters. The van der Waals surface area contributed by atoms with Crippen LogP contribution in [0.5, 0.6) is 0 Å².